The molecule has 98 valence electrons. The number of thioether (sulfide) groups is 1. The maximum Gasteiger partial charge on any atom is 0.320 e. The third kappa shape index (κ3) is 5.38. The first-order valence-corrected chi connectivity index (χ1v) is 6.84. The maximum absolute atomic E-state index is 11.5. The van der Waals surface area contributed by atoms with Gasteiger partial charge in [0.25, 0.3) is 0 Å². The molecule has 1 rings (SSSR count). The predicted octanol–water partition coefficient (Wildman–Crippen LogP) is -0.653. The fourth-order valence-electron chi connectivity index (χ4n) is 1.51. The summed E-state index contributed by atoms with van der Waals surface area (Å²) in [6.45, 7) is 0.577. The quantitative estimate of drug-likeness (QED) is 0.454. The van der Waals surface area contributed by atoms with E-state index in [1.165, 1.54) is 0 Å². The van der Waals surface area contributed by atoms with Crippen LogP contribution >= 0.6 is 11.8 Å². The lowest BCUT2D eigenvalue weighted by Crippen LogP contribution is -2.42. The molecule has 1 aliphatic rings. The molecule has 6 nitrogen and oxygen atoms in total. The van der Waals surface area contributed by atoms with E-state index in [-0.39, 0.29) is 11.9 Å². The Labute approximate surface area is 105 Å². The summed E-state index contributed by atoms with van der Waals surface area (Å²) >= 11 is 1.71. The monoisotopic (exact) mass is 261 g/mol. The van der Waals surface area contributed by atoms with E-state index in [4.69, 9.17) is 10.8 Å². The van der Waals surface area contributed by atoms with Gasteiger partial charge in [0.2, 0.25) is 5.91 Å². The van der Waals surface area contributed by atoms with Crippen molar-refractivity contribution in [1.29, 1.82) is 0 Å². The number of carbonyl (C=O) groups is 2. The molecule has 7 heteroatoms. The molecule has 1 fully saturated rings. The van der Waals surface area contributed by atoms with E-state index in [1.54, 1.807) is 11.8 Å². The number of hydrogen-bond donors (Lipinski definition) is 4. The Balaban J connectivity index is 2.00. The minimum Gasteiger partial charge on any atom is -0.480 e. The highest BCUT2D eigenvalue weighted by Crippen LogP contribution is 2.09. The van der Waals surface area contributed by atoms with Gasteiger partial charge in [0, 0.05) is 18.2 Å². The number of amides is 1. The summed E-state index contributed by atoms with van der Waals surface area (Å²) in [5.41, 5.74) is 5.36. The van der Waals surface area contributed by atoms with Gasteiger partial charge in [0.15, 0.2) is 0 Å². The van der Waals surface area contributed by atoms with Gasteiger partial charge in [-0.05, 0) is 19.3 Å². The molecule has 0 aromatic carbocycles. The number of unbranched alkanes of at least 4 members (excludes halogenated alkanes) is 1. The van der Waals surface area contributed by atoms with Gasteiger partial charge in [-0.15, -0.1) is 11.8 Å². The highest BCUT2D eigenvalue weighted by Gasteiger charge is 2.21. The molecule has 1 heterocycles. The van der Waals surface area contributed by atoms with E-state index in [0.29, 0.717) is 19.4 Å². The van der Waals surface area contributed by atoms with E-state index in [1.807, 2.05) is 0 Å². The third-order valence-corrected chi connectivity index (χ3v) is 3.53. The first-order chi connectivity index (χ1) is 8.11. The van der Waals surface area contributed by atoms with Crippen LogP contribution in [-0.4, -0.2) is 47.2 Å². The maximum atomic E-state index is 11.5. The molecule has 1 amide bonds. The Morgan fingerprint density at radius 2 is 2.29 bits per heavy atom. The number of carboxylic acids is 1. The van der Waals surface area contributed by atoms with E-state index in [9.17, 15) is 9.59 Å². The largest absolute Gasteiger partial charge is 0.480 e. The first-order valence-electron chi connectivity index (χ1n) is 5.68. The summed E-state index contributed by atoms with van der Waals surface area (Å²) in [7, 11) is 0. The standard InChI is InChI=1S/C10H19N3O3S/c11-7(10(15)16)3-1-2-4-12-9(14)8-5-17-6-13-8/h7-8,13H,1-6,11H2,(H,12,14)(H,15,16)/t7-,8?/m0/s1. The van der Waals surface area contributed by atoms with Crippen molar-refractivity contribution in [2.24, 2.45) is 5.73 Å². The SMILES string of the molecule is N[C@@H](CCCCNC(=O)C1CSCN1)C(=O)O. The average molecular weight is 261 g/mol. The summed E-state index contributed by atoms with van der Waals surface area (Å²) in [5.74, 6) is 0.695. The molecule has 17 heavy (non-hydrogen) atoms. The molecule has 1 aliphatic heterocycles. The van der Waals surface area contributed by atoms with Crippen LogP contribution in [0.2, 0.25) is 0 Å². The van der Waals surface area contributed by atoms with Crippen LogP contribution in [0.15, 0.2) is 0 Å². The van der Waals surface area contributed by atoms with E-state index in [2.05, 4.69) is 10.6 Å². The van der Waals surface area contributed by atoms with Crippen LogP contribution in [0.1, 0.15) is 19.3 Å². The Morgan fingerprint density at radius 3 is 2.88 bits per heavy atom. The van der Waals surface area contributed by atoms with Crippen molar-refractivity contribution in [3.05, 3.63) is 0 Å². The van der Waals surface area contributed by atoms with Gasteiger partial charge < -0.3 is 16.2 Å². The van der Waals surface area contributed by atoms with Crippen LogP contribution in [0.25, 0.3) is 0 Å². The molecule has 0 spiro atoms. The lowest BCUT2D eigenvalue weighted by Gasteiger charge is -2.10. The van der Waals surface area contributed by atoms with Crippen molar-refractivity contribution in [2.75, 3.05) is 18.2 Å². The topological polar surface area (TPSA) is 104 Å². The summed E-state index contributed by atoms with van der Waals surface area (Å²) < 4.78 is 0. The molecule has 0 radical (unpaired) electrons. The second kappa shape index (κ2) is 7.52. The van der Waals surface area contributed by atoms with E-state index in [0.717, 1.165) is 18.1 Å². The molecular weight excluding hydrogens is 242 g/mol. The summed E-state index contributed by atoms with van der Waals surface area (Å²) in [6, 6.07) is -0.875. The molecule has 5 N–H and O–H groups in total. The smallest absolute Gasteiger partial charge is 0.320 e. The third-order valence-electron chi connectivity index (χ3n) is 2.59. The molecule has 1 saturated heterocycles. The van der Waals surface area contributed by atoms with Crippen molar-refractivity contribution in [3.63, 3.8) is 0 Å². The fraction of sp³-hybridized carbons (Fsp3) is 0.800. The van der Waals surface area contributed by atoms with Gasteiger partial charge in [-0.3, -0.25) is 14.9 Å². The fourth-order valence-corrected chi connectivity index (χ4v) is 2.45. The second-order valence-electron chi connectivity index (χ2n) is 4.00. The first kappa shape index (κ1) is 14.3. The highest BCUT2D eigenvalue weighted by molar-refractivity contribution is 7.99. The lowest BCUT2D eigenvalue weighted by molar-refractivity contribution is -0.138. The Kier molecular flexibility index (Phi) is 6.31. The van der Waals surface area contributed by atoms with Crippen molar-refractivity contribution in [1.82, 2.24) is 10.6 Å². The summed E-state index contributed by atoms with van der Waals surface area (Å²) in [5, 5.41) is 14.5. The molecule has 0 aliphatic carbocycles. The van der Waals surface area contributed by atoms with Crippen molar-refractivity contribution >= 4 is 23.6 Å². The molecule has 0 bridgehead atoms. The number of nitrogens with one attached hydrogen (secondary N) is 2. The zero-order chi connectivity index (χ0) is 12.7. The number of carboxylic acid groups (broad SMARTS) is 1. The molecule has 1 unspecified atom stereocenters. The number of nitrogens with two attached hydrogens (primary N) is 1. The number of rotatable bonds is 7. The van der Waals surface area contributed by atoms with Gasteiger partial charge in [0.1, 0.15) is 6.04 Å². The highest BCUT2D eigenvalue weighted by atomic mass is 32.2. The Hall–Kier alpha value is -0.790. The molecule has 0 aromatic heterocycles. The minimum atomic E-state index is -0.971. The van der Waals surface area contributed by atoms with Gasteiger partial charge in [0.05, 0.1) is 6.04 Å². The normalized spacial score (nSPS) is 21.1. The van der Waals surface area contributed by atoms with Gasteiger partial charge in [-0.1, -0.05) is 0 Å². The van der Waals surface area contributed by atoms with Gasteiger partial charge >= 0.3 is 5.97 Å². The van der Waals surface area contributed by atoms with Crippen LogP contribution in [0.3, 0.4) is 0 Å². The van der Waals surface area contributed by atoms with Crippen molar-refractivity contribution < 1.29 is 14.7 Å². The van der Waals surface area contributed by atoms with Crippen LogP contribution in [0.5, 0.6) is 0 Å². The van der Waals surface area contributed by atoms with Crippen LogP contribution in [0.4, 0.5) is 0 Å². The van der Waals surface area contributed by atoms with Crippen LogP contribution < -0.4 is 16.4 Å². The van der Waals surface area contributed by atoms with Gasteiger partial charge in [-0.25, -0.2) is 0 Å². The second-order valence-corrected chi connectivity index (χ2v) is 5.03. The zero-order valence-corrected chi connectivity index (χ0v) is 10.5. The van der Waals surface area contributed by atoms with E-state index < -0.39 is 12.0 Å². The van der Waals surface area contributed by atoms with Gasteiger partial charge in [-0.2, -0.15) is 0 Å². The number of aliphatic carboxylic acids is 1. The molecular formula is C10H19N3O3S. The lowest BCUT2D eigenvalue weighted by atomic mass is 10.1. The molecule has 0 aromatic rings. The van der Waals surface area contributed by atoms with Crippen LogP contribution in [0, 0.1) is 0 Å². The average Bonchev–Trinajstić information content (AvgIpc) is 2.81. The minimum absolute atomic E-state index is 0.0255. The van der Waals surface area contributed by atoms with Crippen molar-refractivity contribution in [2.45, 2.75) is 31.3 Å². The van der Waals surface area contributed by atoms with Crippen LogP contribution in [-0.2, 0) is 9.59 Å². The molecule has 0 saturated carbocycles. The van der Waals surface area contributed by atoms with E-state index >= 15 is 0 Å². The summed E-state index contributed by atoms with van der Waals surface area (Å²) in [4.78, 5) is 22.0. The van der Waals surface area contributed by atoms with Crippen molar-refractivity contribution in [3.8, 4) is 0 Å². The number of hydrogen-bond acceptors (Lipinski definition) is 5. The Morgan fingerprint density at radius 1 is 1.53 bits per heavy atom. The number of carbonyl (C=O) groups excluding carboxylic acids is 1. The predicted molar refractivity (Wildman–Crippen MR) is 66.7 cm³/mol. The summed E-state index contributed by atoms with van der Waals surface area (Å²) in [6.07, 6.45) is 1.91. The molecule has 2 atom stereocenters. The zero-order valence-electron chi connectivity index (χ0n) is 9.65. The Bertz CT molecular complexity index is 270.